The Hall–Kier alpha value is -1.74. The molecule has 0 atom stereocenters. The molecule has 0 radical (unpaired) electrons. The van der Waals surface area contributed by atoms with Gasteiger partial charge in [-0.3, -0.25) is 0 Å². The zero-order chi connectivity index (χ0) is 16.1. The molecule has 24 heavy (non-hydrogen) atoms. The summed E-state index contributed by atoms with van der Waals surface area (Å²) in [6, 6.07) is 7.09. The summed E-state index contributed by atoms with van der Waals surface area (Å²) in [5, 5.41) is 14.1. The number of benzene rings is 1. The summed E-state index contributed by atoms with van der Waals surface area (Å²) in [5.41, 5.74) is 0.116. The molecule has 0 unspecified atom stereocenters. The Labute approximate surface area is 159 Å². The molecular weight excluding hydrogens is 323 g/mol. The second-order valence-electron chi connectivity index (χ2n) is 4.76. The Balaban J connectivity index is 0.00000208. The Morgan fingerprint density at radius 3 is 2.92 bits per heavy atom. The summed E-state index contributed by atoms with van der Waals surface area (Å²) in [4.78, 5) is 12.1. The number of hydrogen-bond acceptors (Lipinski definition) is 7. The van der Waals surface area contributed by atoms with Gasteiger partial charge >= 0.3 is 35.2 Å². The third kappa shape index (κ3) is 4.21. The van der Waals surface area contributed by atoms with Crippen molar-refractivity contribution >= 4 is 11.0 Å². The van der Waals surface area contributed by atoms with Crippen LogP contribution in [0.2, 0.25) is 0 Å². The second-order valence-corrected chi connectivity index (χ2v) is 4.76. The van der Waals surface area contributed by atoms with Crippen molar-refractivity contribution in [2.24, 2.45) is 0 Å². The van der Waals surface area contributed by atoms with Gasteiger partial charge in [0, 0.05) is 25.0 Å². The van der Waals surface area contributed by atoms with Crippen molar-refractivity contribution in [3.05, 3.63) is 34.7 Å². The number of fused-ring (bicyclic) bond motifs is 1. The summed E-state index contributed by atoms with van der Waals surface area (Å²) >= 11 is 0. The molecule has 0 saturated carbocycles. The smallest absolute Gasteiger partial charge is 0.490 e. The molecule has 9 heteroatoms. The number of nitrogens with one attached hydrogen (secondary N) is 1. The SMILES string of the molecule is CCOCCCOc1cccc2cc(-c3nn[nH]n3)c(=O)oc12.[Na+]. The van der Waals surface area contributed by atoms with Crippen molar-refractivity contribution in [3.8, 4) is 17.1 Å². The fourth-order valence-electron chi connectivity index (χ4n) is 2.15. The summed E-state index contributed by atoms with van der Waals surface area (Å²) < 4.78 is 16.3. The van der Waals surface area contributed by atoms with Gasteiger partial charge < -0.3 is 13.9 Å². The maximum Gasteiger partial charge on any atom is 1.00 e. The van der Waals surface area contributed by atoms with Gasteiger partial charge in [-0.05, 0) is 24.3 Å². The Morgan fingerprint density at radius 2 is 2.17 bits per heavy atom. The van der Waals surface area contributed by atoms with Crippen LogP contribution in [0.3, 0.4) is 0 Å². The van der Waals surface area contributed by atoms with Crippen molar-refractivity contribution in [1.82, 2.24) is 20.6 Å². The fraction of sp³-hybridized carbons (Fsp3) is 0.333. The van der Waals surface area contributed by atoms with Crippen LogP contribution < -0.4 is 39.9 Å². The Kier molecular flexibility index (Phi) is 6.92. The molecule has 0 aliphatic carbocycles. The van der Waals surface area contributed by atoms with E-state index in [0.717, 1.165) is 11.8 Å². The molecule has 0 fully saturated rings. The molecule has 1 aromatic carbocycles. The van der Waals surface area contributed by atoms with Crippen molar-refractivity contribution in [3.63, 3.8) is 0 Å². The van der Waals surface area contributed by atoms with Crippen molar-refractivity contribution < 1.29 is 43.4 Å². The predicted molar refractivity (Wildman–Crippen MR) is 82.3 cm³/mol. The number of rotatable bonds is 7. The monoisotopic (exact) mass is 339 g/mol. The van der Waals surface area contributed by atoms with Gasteiger partial charge in [0.2, 0.25) is 5.82 Å². The first kappa shape index (κ1) is 18.6. The van der Waals surface area contributed by atoms with Crippen LogP contribution in [0, 0.1) is 0 Å². The number of H-pyrrole nitrogens is 1. The summed E-state index contributed by atoms with van der Waals surface area (Å²) in [5.74, 6) is 0.722. The van der Waals surface area contributed by atoms with E-state index in [-0.39, 0.29) is 40.9 Å². The van der Waals surface area contributed by atoms with E-state index in [0.29, 0.717) is 31.2 Å². The third-order valence-electron chi connectivity index (χ3n) is 3.20. The van der Waals surface area contributed by atoms with Gasteiger partial charge in [0.15, 0.2) is 11.3 Å². The van der Waals surface area contributed by atoms with Crippen LogP contribution >= 0.6 is 0 Å². The molecule has 2 aromatic heterocycles. The van der Waals surface area contributed by atoms with Gasteiger partial charge in [0.05, 0.1) is 6.61 Å². The molecule has 0 aliphatic rings. The normalized spacial score (nSPS) is 10.5. The van der Waals surface area contributed by atoms with Crippen molar-refractivity contribution in [2.75, 3.05) is 19.8 Å². The number of nitrogens with zero attached hydrogens (tertiary/aromatic N) is 3. The number of aromatic nitrogens is 4. The maximum absolute atomic E-state index is 12.1. The summed E-state index contributed by atoms with van der Waals surface area (Å²) in [6.07, 6.45) is 0.759. The number of aromatic amines is 1. The van der Waals surface area contributed by atoms with Crippen LogP contribution in [0.4, 0.5) is 0 Å². The van der Waals surface area contributed by atoms with Gasteiger partial charge in [-0.15, -0.1) is 10.2 Å². The van der Waals surface area contributed by atoms with E-state index >= 15 is 0 Å². The molecule has 0 saturated heterocycles. The van der Waals surface area contributed by atoms with E-state index in [2.05, 4.69) is 20.6 Å². The van der Waals surface area contributed by atoms with Gasteiger partial charge in [0.1, 0.15) is 5.56 Å². The van der Waals surface area contributed by atoms with E-state index in [1.807, 2.05) is 19.1 Å². The average Bonchev–Trinajstić information content (AvgIpc) is 3.08. The number of ether oxygens (including phenoxy) is 2. The largest absolute Gasteiger partial charge is 1.00 e. The fourth-order valence-corrected chi connectivity index (χ4v) is 2.15. The Morgan fingerprint density at radius 1 is 1.29 bits per heavy atom. The van der Waals surface area contributed by atoms with Crippen LogP contribution in [0.1, 0.15) is 13.3 Å². The second kappa shape index (κ2) is 8.93. The molecule has 0 amide bonds. The van der Waals surface area contributed by atoms with Gasteiger partial charge in [0.25, 0.3) is 0 Å². The molecule has 0 aliphatic heterocycles. The first-order valence-corrected chi connectivity index (χ1v) is 7.31. The summed E-state index contributed by atoms with van der Waals surface area (Å²) in [6.45, 7) is 3.74. The molecular formula is C15H16N4NaO4+. The van der Waals surface area contributed by atoms with E-state index in [1.165, 1.54) is 0 Å². The molecule has 120 valence electrons. The quantitative estimate of drug-likeness (QED) is 0.327. The molecule has 3 rings (SSSR count). The van der Waals surface area contributed by atoms with Gasteiger partial charge in [-0.25, -0.2) is 4.79 Å². The predicted octanol–water partition coefficient (Wildman–Crippen LogP) is -1.22. The van der Waals surface area contributed by atoms with Gasteiger partial charge in [-0.1, -0.05) is 12.1 Å². The van der Waals surface area contributed by atoms with Crippen LogP contribution in [-0.2, 0) is 4.74 Å². The van der Waals surface area contributed by atoms with Crippen LogP contribution in [-0.4, -0.2) is 40.4 Å². The van der Waals surface area contributed by atoms with E-state index in [9.17, 15) is 4.79 Å². The topological polar surface area (TPSA) is 103 Å². The van der Waals surface area contributed by atoms with E-state index in [1.54, 1.807) is 12.1 Å². The molecule has 0 spiro atoms. The molecule has 2 heterocycles. The minimum atomic E-state index is -0.538. The van der Waals surface area contributed by atoms with Crippen molar-refractivity contribution in [2.45, 2.75) is 13.3 Å². The maximum atomic E-state index is 12.1. The minimum Gasteiger partial charge on any atom is -0.490 e. The molecule has 3 aromatic rings. The van der Waals surface area contributed by atoms with Crippen LogP contribution in [0.25, 0.3) is 22.4 Å². The van der Waals surface area contributed by atoms with Crippen LogP contribution in [0.5, 0.6) is 5.75 Å². The summed E-state index contributed by atoms with van der Waals surface area (Å²) in [7, 11) is 0. The van der Waals surface area contributed by atoms with E-state index < -0.39 is 5.63 Å². The zero-order valence-corrected chi connectivity index (χ0v) is 15.6. The van der Waals surface area contributed by atoms with E-state index in [4.69, 9.17) is 13.9 Å². The average molecular weight is 339 g/mol. The molecule has 8 nitrogen and oxygen atoms in total. The van der Waals surface area contributed by atoms with Gasteiger partial charge in [-0.2, -0.15) is 5.21 Å². The first-order chi connectivity index (χ1) is 11.3. The van der Waals surface area contributed by atoms with Crippen LogP contribution in [0.15, 0.2) is 33.5 Å². The third-order valence-corrected chi connectivity index (χ3v) is 3.20. The number of para-hydroxylation sites is 1. The zero-order valence-electron chi connectivity index (χ0n) is 13.6. The minimum absolute atomic E-state index is 0. The first-order valence-electron chi connectivity index (χ1n) is 7.31. The number of hydrogen-bond donors (Lipinski definition) is 1. The number of tetrazole rings is 1. The standard InChI is InChI=1S/C15H16N4O4.Na/c1-2-21-7-4-8-22-12-6-3-5-10-9-11(14-16-18-19-17-14)15(20)23-13(10)12;/h3,5-6,9H,2,4,7-8H2,1H3,(H,16,17,18,19);/q;+1. The molecule has 1 N–H and O–H groups in total. The molecule has 0 bridgehead atoms. The van der Waals surface area contributed by atoms with Crippen molar-refractivity contribution in [1.29, 1.82) is 0 Å². The Bertz CT molecular complexity index is 835.